The van der Waals surface area contributed by atoms with Crippen LogP contribution >= 0.6 is 15.6 Å². The number of esters is 4. The lowest BCUT2D eigenvalue weighted by molar-refractivity contribution is -0.161. The van der Waals surface area contributed by atoms with Crippen LogP contribution in [-0.4, -0.2) is 96.7 Å². The van der Waals surface area contributed by atoms with Crippen LogP contribution < -0.4 is 0 Å². The summed E-state index contributed by atoms with van der Waals surface area (Å²) in [5.41, 5.74) is 0. The van der Waals surface area contributed by atoms with Crippen molar-refractivity contribution in [3.8, 4) is 0 Å². The minimum Gasteiger partial charge on any atom is -0.462 e. The maximum Gasteiger partial charge on any atom is 0.472 e. The molecular formula is C73H142O17P2. The van der Waals surface area contributed by atoms with Crippen molar-refractivity contribution >= 4 is 39.5 Å². The first kappa shape index (κ1) is 90.1. The van der Waals surface area contributed by atoms with E-state index in [0.717, 1.165) is 95.8 Å². The van der Waals surface area contributed by atoms with Gasteiger partial charge in [-0.1, -0.05) is 330 Å². The van der Waals surface area contributed by atoms with Crippen LogP contribution in [0.3, 0.4) is 0 Å². The molecule has 0 amide bonds. The number of carbonyl (C=O) groups is 4. The molecule has 19 heteroatoms. The predicted octanol–water partition coefficient (Wildman–Crippen LogP) is 21.3. The summed E-state index contributed by atoms with van der Waals surface area (Å²) < 4.78 is 68.4. The van der Waals surface area contributed by atoms with Crippen LogP contribution in [0.5, 0.6) is 0 Å². The van der Waals surface area contributed by atoms with Crippen LogP contribution in [-0.2, 0) is 65.4 Å². The smallest absolute Gasteiger partial charge is 0.462 e. The van der Waals surface area contributed by atoms with E-state index in [2.05, 4.69) is 34.6 Å². The normalized spacial score (nSPS) is 14.3. The molecule has 0 bridgehead atoms. The molecule has 0 saturated carbocycles. The maximum absolute atomic E-state index is 13.1. The van der Waals surface area contributed by atoms with Crippen LogP contribution in [0.25, 0.3) is 0 Å². The average Bonchev–Trinajstić information content (AvgIpc) is 3.24. The largest absolute Gasteiger partial charge is 0.472 e. The van der Waals surface area contributed by atoms with Gasteiger partial charge in [-0.15, -0.1) is 0 Å². The Kier molecular flexibility index (Phi) is 64.9. The minimum atomic E-state index is -4.95. The lowest BCUT2D eigenvalue weighted by atomic mass is 9.99. The zero-order chi connectivity index (χ0) is 67.7. The van der Waals surface area contributed by atoms with Crippen molar-refractivity contribution in [3.63, 3.8) is 0 Å². The van der Waals surface area contributed by atoms with Crippen molar-refractivity contribution in [1.82, 2.24) is 0 Å². The Hall–Kier alpha value is -1.94. The summed E-state index contributed by atoms with van der Waals surface area (Å²) in [6.45, 7) is 7.30. The lowest BCUT2D eigenvalue weighted by Crippen LogP contribution is -2.30. The fourth-order valence-corrected chi connectivity index (χ4v) is 12.7. The van der Waals surface area contributed by atoms with E-state index < -0.39 is 97.5 Å². The topological polar surface area (TPSA) is 237 Å². The van der Waals surface area contributed by atoms with Gasteiger partial charge in [-0.25, -0.2) is 9.13 Å². The Morgan fingerprint density at radius 1 is 0.304 bits per heavy atom. The third kappa shape index (κ3) is 65.4. The Morgan fingerprint density at radius 2 is 0.522 bits per heavy atom. The van der Waals surface area contributed by atoms with Crippen LogP contribution in [0.1, 0.15) is 381 Å². The third-order valence-corrected chi connectivity index (χ3v) is 19.3. The van der Waals surface area contributed by atoms with E-state index in [0.29, 0.717) is 25.7 Å². The van der Waals surface area contributed by atoms with Crippen LogP contribution in [0.4, 0.5) is 0 Å². The van der Waals surface area contributed by atoms with Crippen LogP contribution in [0, 0.1) is 5.92 Å². The summed E-state index contributed by atoms with van der Waals surface area (Å²) in [6, 6.07) is 0. The van der Waals surface area contributed by atoms with Gasteiger partial charge in [0.1, 0.15) is 19.3 Å². The number of phosphoric ester groups is 2. The van der Waals surface area contributed by atoms with E-state index in [4.69, 9.17) is 37.0 Å². The van der Waals surface area contributed by atoms with Crippen molar-refractivity contribution in [3.05, 3.63) is 0 Å². The molecule has 0 aromatic heterocycles. The molecule has 0 aromatic rings. The predicted molar refractivity (Wildman–Crippen MR) is 372 cm³/mol. The van der Waals surface area contributed by atoms with E-state index in [-0.39, 0.29) is 25.7 Å². The van der Waals surface area contributed by atoms with Crippen molar-refractivity contribution in [2.75, 3.05) is 39.6 Å². The van der Waals surface area contributed by atoms with E-state index in [1.807, 2.05) is 0 Å². The summed E-state index contributed by atoms with van der Waals surface area (Å²) >= 11 is 0. The van der Waals surface area contributed by atoms with Crippen LogP contribution in [0.2, 0.25) is 0 Å². The van der Waals surface area contributed by atoms with E-state index in [1.54, 1.807) is 0 Å². The molecule has 17 nitrogen and oxygen atoms in total. The van der Waals surface area contributed by atoms with Gasteiger partial charge in [0.05, 0.1) is 26.4 Å². The molecule has 546 valence electrons. The lowest BCUT2D eigenvalue weighted by Gasteiger charge is -2.21. The second kappa shape index (κ2) is 66.3. The first-order valence-electron chi connectivity index (χ1n) is 38.2. The molecule has 0 rings (SSSR count). The van der Waals surface area contributed by atoms with Crippen molar-refractivity contribution in [2.45, 2.75) is 400 Å². The Balaban J connectivity index is 5.26. The molecule has 0 saturated heterocycles. The number of unbranched alkanes of at least 4 members (excludes halogenated alkanes) is 44. The zero-order valence-corrected chi connectivity index (χ0v) is 61.5. The highest BCUT2D eigenvalue weighted by Gasteiger charge is 2.30. The van der Waals surface area contributed by atoms with Crippen LogP contribution in [0.15, 0.2) is 0 Å². The van der Waals surface area contributed by atoms with Crippen molar-refractivity contribution in [1.29, 1.82) is 0 Å². The molecule has 6 atom stereocenters. The molecule has 0 aliphatic carbocycles. The second-order valence-electron chi connectivity index (χ2n) is 26.6. The maximum atomic E-state index is 13.1. The zero-order valence-electron chi connectivity index (χ0n) is 59.7. The molecule has 3 N–H and O–H groups in total. The number of ether oxygens (including phenoxy) is 4. The molecule has 0 aliphatic heterocycles. The quantitative estimate of drug-likeness (QED) is 0.0222. The van der Waals surface area contributed by atoms with Crippen molar-refractivity contribution < 1.29 is 80.2 Å². The summed E-state index contributed by atoms with van der Waals surface area (Å²) in [7, 11) is -9.90. The summed E-state index contributed by atoms with van der Waals surface area (Å²) in [6.07, 6.45) is 53.8. The molecule has 92 heavy (non-hydrogen) atoms. The highest BCUT2D eigenvalue weighted by atomic mass is 31.2. The Labute approximate surface area is 562 Å². The molecular weight excluding hydrogens is 1210 g/mol. The number of hydrogen-bond donors (Lipinski definition) is 3. The van der Waals surface area contributed by atoms with Gasteiger partial charge >= 0.3 is 39.5 Å². The number of phosphoric acid groups is 2. The minimum absolute atomic E-state index is 0.107. The standard InChI is InChI=1S/C73H142O17P2/c1-6-10-13-16-19-22-25-27-29-31-37-42-47-52-57-71(76)84-63-69(90-73(78)59-54-49-44-39-34-33-35-40-45-50-55-66(5)9-4)65-88-92(81,82)86-61-67(74)60-85-91(79,80)87-64-68(62-83-70(75)56-51-46-41-36-30-24-21-18-15-12-8-3)89-72(77)58-53-48-43-38-32-28-26-23-20-17-14-11-7-2/h66-69,74H,6-65H2,1-5H3,(H,79,80)(H,81,82)/t66?,67-,68+,69+/m0/s1. The molecule has 0 fully saturated rings. The number of aliphatic hydroxyl groups is 1. The van der Waals surface area contributed by atoms with Gasteiger partial charge < -0.3 is 33.8 Å². The monoisotopic (exact) mass is 1350 g/mol. The van der Waals surface area contributed by atoms with Gasteiger partial charge in [-0.3, -0.25) is 37.3 Å². The average molecular weight is 1350 g/mol. The van der Waals surface area contributed by atoms with Crippen molar-refractivity contribution in [2.24, 2.45) is 5.92 Å². The fourth-order valence-electron chi connectivity index (χ4n) is 11.1. The first-order valence-corrected chi connectivity index (χ1v) is 41.2. The molecule has 0 aromatic carbocycles. The number of carbonyl (C=O) groups excluding carboxylic acids is 4. The van der Waals surface area contributed by atoms with Gasteiger partial charge in [0.15, 0.2) is 12.2 Å². The van der Waals surface area contributed by atoms with E-state index in [9.17, 15) is 43.2 Å². The SMILES string of the molecule is CCCCCCCCCCCCCCCCC(=O)OC[C@H](COP(=O)(O)OC[C@@H](O)COP(=O)(O)OC[C@@H](COC(=O)CCCCCCCCCCCCC)OC(=O)CCCCCCCCCCCCCCC)OC(=O)CCCCCCCCCCCCC(C)CC. The van der Waals surface area contributed by atoms with Gasteiger partial charge in [0, 0.05) is 25.7 Å². The first-order chi connectivity index (χ1) is 44.6. The summed E-state index contributed by atoms with van der Waals surface area (Å²) in [5.74, 6) is -1.31. The number of aliphatic hydroxyl groups excluding tert-OH is 1. The molecule has 0 spiro atoms. The van der Waals surface area contributed by atoms with Gasteiger partial charge in [0.25, 0.3) is 0 Å². The van der Waals surface area contributed by atoms with Gasteiger partial charge in [0.2, 0.25) is 0 Å². The van der Waals surface area contributed by atoms with Gasteiger partial charge in [-0.2, -0.15) is 0 Å². The van der Waals surface area contributed by atoms with E-state index in [1.165, 1.54) is 205 Å². The molecule has 3 unspecified atom stereocenters. The fraction of sp³-hybridized carbons (Fsp3) is 0.945. The van der Waals surface area contributed by atoms with Gasteiger partial charge in [-0.05, 0) is 31.6 Å². The second-order valence-corrected chi connectivity index (χ2v) is 29.5. The Morgan fingerprint density at radius 3 is 0.772 bits per heavy atom. The number of hydrogen-bond acceptors (Lipinski definition) is 15. The number of rotatable bonds is 73. The third-order valence-electron chi connectivity index (χ3n) is 17.4. The van der Waals surface area contributed by atoms with E-state index >= 15 is 0 Å². The molecule has 0 aliphatic rings. The summed E-state index contributed by atoms with van der Waals surface area (Å²) in [4.78, 5) is 72.7. The molecule has 0 radical (unpaired) electrons. The highest BCUT2D eigenvalue weighted by Crippen LogP contribution is 2.45. The highest BCUT2D eigenvalue weighted by molar-refractivity contribution is 7.47. The summed E-state index contributed by atoms with van der Waals surface area (Å²) in [5, 5.41) is 10.6. The Bertz CT molecular complexity index is 1770. The molecule has 0 heterocycles.